The molecule has 7 nitrogen and oxygen atoms in total. The molecule has 1 aliphatic rings. The minimum Gasteiger partial charge on any atom is -0.486 e. The van der Waals surface area contributed by atoms with Gasteiger partial charge in [0.1, 0.15) is 19.8 Å². The minimum atomic E-state index is -3.68. The lowest BCUT2D eigenvalue weighted by Gasteiger charge is -2.27. The smallest absolute Gasteiger partial charge is 0.241 e. The Hall–Kier alpha value is -2.74. The standard InChI is InChI=1S/C23H30N2O5S/c1-4-31(27,28)25(19-10-11-21-22(15-19)30-13-12-29-21)16-23(26)24-20(14-17(2)3)18-8-6-5-7-9-18/h5-11,15,17,20H,4,12-14,16H2,1-3H3,(H,24,26). The molecule has 1 amide bonds. The summed E-state index contributed by atoms with van der Waals surface area (Å²) in [6.45, 7) is 6.27. The molecule has 31 heavy (non-hydrogen) atoms. The number of hydrogen-bond acceptors (Lipinski definition) is 5. The van der Waals surface area contributed by atoms with Crippen molar-refractivity contribution in [2.45, 2.75) is 33.2 Å². The number of benzene rings is 2. The van der Waals surface area contributed by atoms with Gasteiger partial charge in [-0.05, 0) is 37.0 Å². The molecule has 0 spiro atoms. The molecule has 0 fully saturated rings. The fourth-order valence-corrected chi connectivity index (χ4v) is 4.56. The van der Waals surface area contributed by atoms with Gasteiger partial charge >= 0.3 is 0 Å². The highest BCUT2D eigenvalue weighted by Crippen LogP contribution is 2.35. The van der Waals surface area contributed by atoms with Gasteiger partial charge in [0.25, 0.3) is 0 Å². The molecule has 1 heterocycles. The topological polar surface area (TPSA) is 84.9 Å². The first-order chi connectivity index (χ1) is 14.8. The van der Waals surface area contributed by atoms with Gasteiger partial charge < -0.3 is 14.8 Å². The van der Waals surface area contributed by atoms with E-state index in [2.05, 4.69) is 19.2 Å². The van der Waals surface area contributed by atoms with Crippen molar-refractivity contribution >= 4 is 21.6 Å². The molecule has 1 N–H and O–H groups in total. The van der Waals surface area contributed by atoms with Gasteiger partial charge in [0.05, 0.1) is 17.5 Å². The van der Waals surface area contributed by atoms with Crippen molar-refractivity contribution in [2.75, 3.05) is 29.8 Å². The van der Waals surface area contributed by atoms with Gasteiger partial charge in [-0.25, -0.2) is 8.42 Å². The third kappa shape index (κ3) is 5.91. The van der Waals surface area contributed by atoms with Crippen LogP contribution in [0.1, 0.15) is 38.8 Å². The average Bonchev–Trinajstić information content (AvgIpc) is 2.77. The van der Waals surface area contributed by atoms with E-state index in [0.29, 0.717) is 36.3 Å². The number of ether oxygens (including phenoxy) is 2. The summed E-state index contributed by atoms with van der Waals surface area (Å²) in [4.78, 5) is 13.0. The first-order valence-corrected chi connectivity index (χ1v) is 12.2. The normalized spacial score (nSPS) is 14.2. The maximum Gasteiger partial charge on any atom is 0.241 e. The number of carbonyl (C=O) groups excluding carboxylic acids is 1. The number of nitrogens with one attached hydrogen (secondary N) is 1. The van der Waals surface area contributed by atoms with E-state index in [1.807, 2.05) is 30.3 Å². The van der Waals surface area contributed by atoms with Gasteiger partial charge in [0.2, 0.25) is 15.9 Å². The molecule has 0 bridgehead atoms. The Bertz CT molecular complexity index is 992. The van der Waals surface area contributed by atoms with Crippen LogP contribution in [0.25, 0.3) is 0 Å². The van der Waals surface area contributed by atoms with Crippen molar-refractivity contribution in [1.82, 2.24) is 5.32 Å². The van der Waals surface area contributed by atoms with Gasteiger partial charge in [-0.1, -0.05) is 44.2 Å². The van der Waals surface area contributed by atoms with Crippen molar-refractivity contribution < 1.29 is 22.7 Å². The van der Waals surface area contributed by atoms with Crippen molar-refractivity contribution in [1.29, 1.82) is 0 Å². The molecule has 3 rings (SSSR count). The number of carbonyl (C=O) groups is 1. The number of hydrogen-bond donors (Lipinski definition) is 1. The fraction of sp³-hybridized carbons (Fsp3) is 0.435. The zero-order chi connectivity index (χ0) is 22.4. The molecule has 2 aromatic rings. The summed E-state index contributed by atoms with van der Waals surface area (Å²) >= 11 is 0. The predicted molar refractivity (Wildman–Crippen MR) is 121 cm³/mol. The largest absolute Gasteiger partial charge is 0.486 e. The molecule has 0 radical (unpaired) electrons. The highest BCUT2D eigenvalue weighted by atomic mass is 32.2. The maximum absolute atomic E-state index is 13.0. The van der Waals surface area contributed by atoms with E-state index in [1.165, 1.54) is 0 Å². The van der Waals surface area contributed by atoms with E-state index in [1.54, 1.807) is 25.1 Å². The second-order valence-electron chi connectivity index (χ2n) is 7.90. The van der Waals surface area contributed by atoms with Crippen molar-refractivity contribution in [2.24, 2.45) is 5.92 Å². The van der Waals surface area contributed by atoms with Crippen LogP contribution in [-0.2, 0) is 14.8 Å². The molecule has 168 valence electrons. The SMILES string of the molecule is CCS(=O)(=O)N(CC(=O)NC(CC(C)C)c1ccccc1)c1ccc2c(c1)OCCO2. The van der Waals surface area contributed by atoms with E-state index in [9.17, 15) is 13.2 Å². The summed E-state index contributed by atoms with van der Waals surface area (Å²) in [5.41, 5.74) is 1.37. The zero-order valence-corrected chi connectivity index (χ0v) is 19.0. The van der Waals surface area contributed by atoms with E-state index >= 15 is 0 Å². The Morgan fingerprint density at radius 3 is 2.39 bits per heavy atom. The van der Waals surface area contributed by atoms with Gasteiger partial charge in [-0.2, -0.15) is 0 Å². The Labute approximate surface area is 184 Å². The van der Waals surface area contributed by atoms with Crippen LogP contribution in [0.2, 0.25) is 0 Å². The minimum absolute atomic E-state index is 0.122. The van der Waals surface area contributed by atoms with Crippen LogP contribution in [0.5, 0.6) is 11.5 Å². The average molecular weight is 447 g/mol. The first-order valence-electron chi connectivity index (χ1n) is 10.5. The number of nitrogens with zero attached hydrogens (tertiary/aromatic N) is 1. The van der Waals surface area contributed by atoms with Gasteiger partial charge in [0, 0.05) is 6.07 Å². The lowest BCUT2D eigenvalue weighted by molar-refractivity contribution is -0.120. The Balaban J connectivity index is 1.83. The van der Waals surface area contributed by atoms with E-state index in [4.69, 9.17) is 9.47 Å². The lowest BCUT2D eigenvalue weighted by Crippen LogP contribution is -2.42. The van der Waals surface area contributed by atoms with Crippen LogP contribution >= 0.6 is 0 Å². The van der Waals surface area contributed by atoms with E-state index < -0.39 is 10.0 Å². The molecule has 0 saturated heterocycles. The monoisotopic (exact) mass is 446 g/mol. The number of amides is 1. The number of anilines is 1. The van der Waals surface area contributed by atoms with Gasteiger partial charge in [-0.15, -0.1) is 0 Å². The molecular formula is C23H30N2O5S. The second kappa shape index (κ2) is 10.0. The Kier molecular flexibility index (Phi) is 7.43. The van der Waals surface area contributed by atoms with Crippen LogP contribution in [-0.4, -0.2) is 39.8 Å². The van der Waals surface area contributed by atoms with Crippen molar-refractivity contribution in [3.05, 3.63) is 54.1 Å². The summed E-state index contributed by atoms with van der Waals surface area (Å²) in [6, 6.07) is 14.4. The third-order valence-corrected chi connectivity index (χ3v) is 6.79. The maximum atomic E-state index is 13.0. The highest BCUT2D eigenvalue weighted by Gasteiger charge is 2.26. The van der Waals surface area contributed by atoms with Gasteiger partial charge in [0.15, 0.2) is 11.5 Å². The fourth-order valence-electron chi connectivity index (χ4n) is 3.50. The molecule has 1 aliphatic heterocycles. The van der Waals surface area contributed by atoms with Crippen molar-refractivity contribution in [3.8, 4) is 11.5 Å². The van der Waals surface area contributed by atoms with Crippen LogP contribution in [0, 0.1) is 5.92 Å². The molecule has 1 atom stereocenters. The first kappa shape index (κ1) is 22.9. The summed E-state index contributed by atoms with van der Waals surface area (Å²) < 4.78 is 37.9. The van der Waals surface area contributed by atoms with Crippen LogP contribution in [0.15, 0.2) is 48.5 Å². The summed E-state index contributed by atoms with van der Waals surface area (Å²) in [6.07, 6.45) is 0.750. The van der Waals surface area contributed by atoms with Crippen LogP contribution in [0.3, 0.4) is 0 Å². The number of rotatable bonds is 9. The van der Waals surface area contributed by atoms with E-state index in [0.717, 1.165) is 16.3 Å². The molecule has 0 aliphatic carbocycles. The van der Waals surface area contributed by atoms with E-state index in [-0.39, 0.29) is 24.2 Å². The molecule has 0 aromatic heterocycles. The Morgan fingerprint density at radius 1 is 1.06 bits per heavy atom. The quantitative estimate of drug-likeness (QED) is 0.637. The number of sulfonamides is 1. The third-order valence-electron chi connectivity index (χ3n) is 5.05. The molecule has 1 unspecified atom stereocenters. The molecule has 2 aromatic carbocycles. The second-order valence-corrected chi connectivity index (χ2v) is 10.1. The van der Waals surface area contributed by atoms with Crippen LogP contribution < -0.4 is 19.1 Å². The predicted octanol–water partition coefficient (Wildman–Crippen LogP) is 3.52. The molecule has 0 saturated carbocycles. The van der Waals surface area contributed by atoms with Crippen LogP contribution in [0.4, 0.5) is 5.69 Å². The lowest BCUT2D eigenvalue weighted by atomic mass is 9.97. The van der Waals surface area contributed by atoms with Gasteiger partial charge in [-0.3, -0.25) is 9.10 Å². The highest BCUT2D eigenvalue weighted by molar-refractivity contribution is 7.92. The summed E-state index contributed by atoms with van der Waals surface area (Å²) in [5.74, 6) is 0.917. The zero-order valence-electron chi connectivity index (χ0n) is 18.2. The van der Waals surface area contributed by atoms with Crippen molar-refractivity contribution in [3.63, 3.8) is 0 Å². The number of fused-ring (bicyclic) bond motifs is 1. The molecular weight excluding hydrogens is 416 g/mol. The summed E-state index contributed by atoms with van der Waals surface area (Å²) in [5, 5.41) is 3.02. The Morgan fingerprint density at radius 2 is 1.74 bits per heavy atom. The molecule has 8 heteroatoms. The summed E-state index contributed by atoms with van der Waals surface area (Å²) in [7, 11) is -3.68.